The van der Waals surface area contributed by atoms with Crippen LogP contribution in [0.3, 0.4) is 0 Å². The highest BCUT2D eigenvalue weighted by Crippen LogP contribution is 2.39. The average molecular weight is 694 g/mol. The van der Waals surface area contributed by atoms with E-state index in [9.17, 15) is 37.5 Å². The molecular formula is C32H32FN7O8S. The van der Waals surface area contributed by atoms with Gasteiger partial charge >= 0.3 is 15.9 Å². The van der Waals surface area contributed by atoms with E-state index in [4.69, 9.17) is 0 Å². The quantitative estimate of drug-likeness (QED) is 0.218. The number of fused-ring (bicyclic) bond motifs is 2. The fourth-order valence-electron chi connectivity index (χ4n) is 6.95. The maximum atomic E-state index is 15.4. The number of amides is 4. The van der Waals surface area contributed by atoms with Crippen LogP contribution in [0.5, 0.6) is 5.75 Å². The van der Waals surface area contributed by atoms with Gasteiger partial charge in [-0.3, -0.25) is 33.6 Å². The van der Waals surface area contributed by atoms with E-state index in [1.807, 2.05) is 18.2 Å². The van der Waals surface area contributed by atoms with Crippen LogP contribution >= 0.6 is 0 Å². The van der Waals surface area contributed by atoms with E-state index in [0.717, 1.165) is 18.5 Å². The minimum Gasteiger partial charge on any atom is -0.506 e. The number of phenolic OH excluding ortho intramolecular Hbond substituents is 1. The number of hydrogen-bond donors (Lipinski definition) is 4. The molecule has 49 heavy (non-hydrogen) atoms. The smallest absolute Gasteiger partial charge is 0.329 e. The van der Waals surface area contributed by atoms with Gasteiger partial charge in [0.25, 0.3) is 5.91 Å². The molecule has 3 fully saturated rings. The van der Waals surface area contributed by atoms with Crippen LogP contribution in [0, 0.1) is 11.7 Å². The zero-order chi connectivity index (χ0) is 34.8. The standard InChI is InChI=1S/C32H32FN7O8S/c1-37-24-15-20(3-5-22(24)40(32(37)46)23-6-7-26(42)35-31(23)45)38-10-8-17(9-11-38)12-27(43)34-19-2-4-21-18(13-19)14-25(41)30(29(21)33)39-16-28(44)36-49(39,47)48/h2-5,13-15,17,23,41H,6-12,16H2,1H3,(H,34,43)(H,36,44)(H,35,42,45). The van der Waals surface area contributed by atoms with E-state index < -0.39 is 51.9 Å². The Hall–Kier alpha value is -5.45. The second-order valence-electron chi connectivity index (χ2n) is 12.6. The summed E-state index contributed by atoms with van der Waals surface area (Å²) in [7, 11) is -2.69. The van der Waals surface area contributed by atoms with Crippen LogP contribution in [0.25, 0.3) is 21.8 Å². The summed E-state index contributed by atoms with van der Waals surface area (Å²) >= 11 is 0. The van der Waals surface area contributed by atoms with E-state index >= 15 is 4.39 Å². The van der Waals surface area contributed by atoms with Crippen molar-refractivity contribution in [2.45, 2.75) is 38.1 Å². The Balaban J connectivity index is 0.995. The predicted molar refractivity (Wildman–Crippen MR) is 177 cm³/mol. The first-order valence-electron chi connectivity index (χ1n) is 15.7. The third-order valence-electron chi connectivity index (χ3n) is 9.43. The van der Waals surface area contributed by atoms with Crippen molar-refractivity contribution < 1.29 is 37.1 Å². The highest BCUT2D eigenvalue weighted by molar-refractivity contribution is 7.92. The zero-order valence-corrected chi connectivity index (χ0v) is 27.0. The van der Waals surface area contributed by atoms with Crippen molar-refractivity contribution in [1.29, 1.82) is 0 Å². The molecule has 4 heterocycles. The Labute approximate surface area is 278 Å². The molecule has 1 atom stereocenters. The molecule has 256 valence electrons. The Bertz CT molecular complexity index is 2260. The lowest BCUT2D eigenvalue weighted by Gasteiger charge is -2.33. The number of imidazole rings is 1. The van der Waals surface area contributed by atoms with Crippen LogP contribution in [-0.2, 0) is 36.4 Å². The number of aromatic hydroxyl groups is 1. The van der Waals surface area contributed by atoms with Crippen molar-refractivity contribution in [2.24, 2.45) is 13.0 Å². The summed E-state index contributed by atoms with van der Waals surface area (Å²) in [5.41, 5.74) is 1.59. The third kappa shape index (κ3) is 5.72. The van der Waals surface area contributed by atoms with Gasteiger partial charge in [0.1, 0.15) is 24.0 Å². The summed E-state index contributed by atoms with van der Waals surface area (Å²) in [5, 5.41) is 15.8. The number of hydrogen-bond acceptors (Lipinski definition) is 9. The van der Waals surface area contributed by atoms with Crippen molar-refractivity contribution in [2.75, 3.05) is 34.2 Å². The summed E-state index contributed by atoms with van der Waals surface area (Å²) in [6.07, 6.45) is 2.14. The molecule has 7 rings (SSSR count). The van der Waals surface area contributed by atoms with E-state index in [1.165, 1.54) is 33.4 Å². The molecule has 0 spiro atoms. The molecule has 17 heteroatoms. The molecule has 0 bridgehead atoms. The largest absolute Gasteiger partial charge is 0.506 e. The van der Waals surface area contributed by atoms with Gasteiger partial charge in [0.2, 0.25) is 17.7 Å². The molecule has 0 aliphatic carbocycles. The van der Waals surface area contributed by atoms with E-state index in [2.05, 4.69) is 15.5 Å². The van der Waals surface area contributed by atoms with Crippen LogP contribution in [0.4, 0.5) is 21.5 Å². The van der Waals surface area contributed by atoms with Gasteiger partial charge in [-0.1, -0.05) is 0 Å². The van der Waals surface area contributed by atoms with Gasteiger partial charge in [-0.2, -0.15) is 8.42 Å². The maximum Gasteiger partial charge on any atom is 0.329 e. The molecule has 15 nitrogen and oxygen atoms in total. The first-order valence-corrected chi connectivity index (χ1v) is 17.1. The number of aryl methyl sites for hydroxylation is 1. The number of anilines is 3. The first kappa shape index (κ1) is 32.1. The molecule has 1 unspecified atom stereocenters. The second kappa shape index (κ2) is 11.9. The van der Waals surface area contributed by atoms with Crippen LogP contribution in [0.2, 0.25) is 0 Å². The number of imide groups is 1. The lowest BCUT2D eigenvalue weighted by atomic mass is 9.93. The number of nitrogens with zero attached hydrogens (tertiary/aromatic N) is 4. The first-order chi connectivity index (χ1) is 23.3. The molecule has 0 saturated carbocycles. The summed E-state index contributed by atoms with van der Waals surface area (Å²) in [5.74, 6) is -3.52. The molecule has 3 saturated heterocycles. The molecule has 3 aromatic carbocycles. The second-order valence-corrected chi connectivity index (χ2v) is 14.2. The van der Waals surface area contributed by atoms with Gasteiger partial charge in [-0.25, -0.2) is 18.2 Å². The summed E-state index contributed by atoms with van der Waals surface area (Å²) in [4.78, 5) is 64.0. The van der Waals surface area contributed by atoms with Crippen molar-refractivity contribution in [1.82, 2.24) is 19.2 Å². The van der Waals surface area contributed by atoms with E-state index in [0.29, 0.717) is 34.1 Å². The molecule has 3 aliphatic rings. The number of carbonyl (C=O) groups is 4. The number of nitrogens with one attached hydrogen (secondary N) is 3. The Morgan fingerprint density at radius 3 is 2.45 bits per heavy atom. The van der Waals surface area contributed by atoms with Crippen LogP contribution < -0.4 is 30.3 Å². The maximum absolute atomic E-state index is 15.4. The molecule has 3 aliphatic heterocycles. The normalized spacial score (nSPS) is 19.8. The van der Waals surface area contributed by atoms with E-state index in [-0.39, 0.29) is 53.5 Å². The molecule has 4 amide bonds. The number of rotatable bonds is 6. The molecule has 4 aromatic rings. The predicted octanol–water partition coefficient (Wildman–Crippen LogP) is 1.74. The van der Waals surface area contributed by atoms with Crippen molar-refractivity contribution in [3.05, 3.63) is 58.8 Å². The number of aromatic nitrogens is 2. The van der Waals surface area contributed by atoms with Crippen molar-refractivity contribution >= 4 is 72.7 Å². The average Bonchev–Trinajstić information content (AvgIpc) is 3.46. The number of halogens is 1. The lowest BCUT2D eigenvalue weighted by molar-refractivity contribution is -0.135. The van der Waals surface area contributed by atoms with Gasteiger partial charge in [-0.15, -0.1) is 0 Å². The van der Waals surface area contributed by atoms with Gasteiger partial charge in [0, 0.05) is 49.7 Å². The van der Waals surface area contributed by atoms with Gasteiger partial charge in [0.15, 0.2) is 5.82 Å². The summed E-state index contributed by atoms with van der Waals surface area (Å²) in [6, 6.07) is 10.4. The van der Waals surface area contributed by atoms with Gasteiger partial charge in [0.05, 0.1) is 11.0 Å². The van der Waals surface area contributed by atoms with Crippen LogP contribution in [0.1, 0.15) is 38.1 Å². The summed E-state index contributed by atoms with van der Waals surface area (Å²) < 4.78 is 45.0. The minimum atomic E-state index is -4.34. The highest BCUT2D eigenvalue weighted by atomic mass is 32.2. The number of piperidine rings is 2. The SMILES string of the molecule is Cn1c(=O)n(C2CCC(=O)NC2=O)c2ccc(N3CCC(CC(=O)Nc4ccc5c(F)c(N6CC(=O)NS6(=O)=O)c(O)cc5c4)CC3)cc21. The zero-order valence-electron chi connectivity index (χ0n) is 26.2. The Morgan fingerprint density at radius 2 is 1.76 bits per heavy atom. The monoisotopic (exact) mass is 693 g/mol. The highest BCUT2D eigenvalue weighted by Gasteiger charge is 2.38. The Morgan fingerprint density at radius 1 is 1.00 bits per heavy atom. The van der Waals surface area contributed by atoms with Crippen molar-refractivity contribution in [3.63, 3.8) is 0 Å². The molecule has 0 radical (unpaired) electrons. The van der Waals surface area contributed by atoms with Crippen molar-refractivity contribution in [3.8, 4) is 5.75 Å². The Kier molecular flexibility index (Phi) is 7.80. The topological polar surface area (TPSA) is 192 Å². The summed E-state index contributed by atoms with van der Waals surface area (Å²) in [6.45, 7) is 0.689. The molecule has 1 aromatic heterocycles. The minimum absolute atomic E-state index is 0.00137. The van der Waals surface area contributed by atoms with Gasteiger partial charge in [-0.05, 0) is 73.0 Å². The third-order valence-corrected chi connectivity index (χ3v) is 10.8. The van der Waals surface area contributed by atoms with Gasteiger partial charge < -0.3 is 15.3 Å². The van der Waals surface area contributed by atoms with Crippen LogP contribution in [0.15, 0.2) is 47.3 Å². The fraction of sp³-hybridized carbons (Fsp3) is 0.344. The fourth-order valence-corrected chi connectivity index (χ4v) is 8.11. The number of carbonyl (C=O) groups excluding carboxylic acids is 4. The van der Waals surface area contributed by atoms with Crippen LogP contribution in [-0.4, -0.2) is 65.9 Å². The molecule has 4 N–H and O–H groups in total. The molecular weight excluding hydrogens is 661 g/mol. The van der Waals surface area contributed by atoms with E-state index in [1.54, 1.807) is 11.8 Å². The number of phenols is 1. The number of benzene rings is 3. The lowest BCUT2D eigenvalue weighted by Crippen LogP contribution is -2.44.